The predicted molar refractivity (Wildman–Crippen MR) is 137 cm³/mol. The van der Waals surface area contributed by atoms with Crippen molar-refractivity contribution < 1.29 is 22.3 Å². The molecule has 2 radical (unpaired) electrons. The van der Waals surface area contributed by atoms with Crippen LogP contribution < -0.4 is 10.1 Å². The number of hydrogen-bond acceptors (Lipinski definition) is 6. The first kappa shape index (κ1) is 26.3. The molecule has 8 nitrogen and oxygen atoms in total. The van der Waals surface area contributed by atoms with Crippen LogP contribution in [0.5, 0.6) is 5.88 Å². The van der Waals surface area contributed by atoms with Gasteiger partial charge in [0.25, 0.3) is 6.43 Å². The molecule has 0 saturated carbocycles. The number of likely N-dealkylation sites (tertiary alicyclic amines) is 1. The Labute approximate surface area is 218 Å². The van der Waals surface area contributed by atoms with Gasteiger partial charge in [-0.1, -0.05) is 6.07 Å². The quantitative estimate of drug-likeness (QED) is 0.286. The number of aryl methyl sites for hydroxylation is 1. The summed E-state index contributed by atoms with van der Waals surface area (Å²) in [5, 5.41) is 7.40. The third kappa shape index (κ3) is 5.16. The fourth-order valence-electron chi connectivity index (χ4n) is 4.83. The van der Waals surface area contributed by atoms with E-state index in [0.717, 1.165) is 0 Å². The molecule has 2 unspecified atom stereocenters. The summed E-state index contributed by atoms with van der Waals surface area (Å²) < 4.78 is 65.2. The number of imidazole rings is 1. The van der Waals surface area contributed by atoms with Gasteiger partial charge in [0.2, 0.25) is 11.8 Å². The van der Waals surface area contributed by atoms with Crippen molar-refractivity contribution in [1.82, 2.24) is 29.0 Å². The molecule has 0 amide bonds. The minimum atomic E-state index is -2.58. The Kier molecular flexibility index (Phi) is 6.74. The van der Waals surface area contributed by atoms with Crippen LogP contribution in [0, 0.1) is 12.7 Å². The maximum Gasteiger partial charge on any atom is 0.256 e. The molecule has 4 aromatic rings. The second-order valence-corrected chi connectivity index (χ2v) is 10.3. The Morgan fingerprint density at radius 1 is 1.26 bits per heavy atom. The molecular weight excluding hydrogens is 501 g/mol. The van der Waals surface area contributed by atoms with Crippen LogP contribution in [0.2, 0.25) is 0 Å². The van der Waals surface area contributed by atoms with Gasteiger partial charge in [-0.15, -0.1) is 5.10 Å². The van der Waals surface area contributed by atoms with Crippen molar-refractivity contribution in [3.8, 4) is 17.0 Å². The van der Waals surface area contributed by atoms with Crippen LogP contribution >= 0.6 is 0 Å². The van der Waals surface area contributed by atoms with Crippen molar-refractivity contribution in [2.24, 2.45) is 0 Å². The standard InChI is InChI=1S/C25H28BF4N7O/c1-13-31-18-6-5-14(9-19(18)36(13)12-20(29)30)21-16(28)11-37-22(21)23(38-25(2,3)26)33-24(34-37)32-17-7-8-35(4)10-15(17)27/h5-6,9,11,15,17,20H,7-8,10,12H2,1-4H3,(H,32,34). The number of anilines is 1. The van der Waals surface area contributed by atoms with Crippen molar-refractivity contribution in [3.63, 3.8) is 0 Å². The summed E-state index contributed by atoms with van der Waals surface area (Å²) in [5.41, 5.74) is 0.479. The average Bonchev–Trinajstić information content (AvgIpc) is 3.29. The first-order valence-electron chi connectivity index (χ1n) is 12.3. The molecule has 2 atom stereocenters. The van der Waals surface area contributed by atoms with E-state index in [9.17, 15) is 13.2 Å². The summed E-state index contributed by atoms with van der Waals surface area (Å²) in [6, 6.07) is 4.37. The number of fused-ring (bicyclic) bond motifs is 2. The van der Waals surface area contributed by atoms with Crippen LogP contribution in [0.3, 0.4) is 0 Å². The molecule has 0 bridgehead atoms. The highest BCUT2D eigenvalue weighted by Gasteiger charge is 2.30. The maximum atomic E-state index is 15.5. The fourth-order valence-corrected chi connectivity index (χ4v) is 4.83. The van der Waals surface area contributed by atoms with Crippen LogP contribution in [0.4, 0.5) is 23.5 Å². The number of hydrogen-bond donors (Lipinski definition) is 1. The number of aromatic nitrogens is 5. The summed E-state index contributed by atoms with van der Waals surface area (Å²) in [7, 11) is 7.97. The van der Waals surface area contributed by atoms with Gasteiger partial charge in [0, 0.05) is 13.1 Å². The number of nitrogens with one attached hydrogen (secondary N) is 1. The second kappa shape index (κ2) is 9.75. The highest BCUT2D eigenvalue weighted by Crippen LogP contribution is 2.37. The minimum absolute atomic E-state index is 0.00500. The fraction of sp³-hybridized carbons (Fsp3) is 0.480. The molecule has 200 valence electrons. The Bertz CT molecular complexity index is 1480. The van der Waals surface area contributed by atoms with Crippen LogP contribution in [0.15, 0.2) is 24.4 Å². The van der Waals surface area contributed by atoms with Gasteiger partial charge >= 0.3 is 0 Å². The molecule has 5 rings (SSSR count). The van der Waals surface area contributed by atoms with Gasteiger partial charge in [-0.25, -0.2) is 27.1 Å². The van der Waals surface area contributed by atoms with Crippen molar-refractivity contribution in [2.75, 3.05) is 25.5 Å². The molecule has 38 heavy (non-hydrogen) atoms. The van der Waals surface area contributed by atoms with Crippen LogP contribution in [0.25, 0.3) is 27.7 Å². The van der Waals surface area contributed by atoms with Crippen molar-refractivity contribution in [1.29, 1.82) is 0 Å². The number of halogens is 4. The third-order valence-corrected chi connectivity index (χ3v) is 6.52. The molecule has 1 N–H and O–H groups in total. The summed E-state index contributed by atoms with van der Waals surface area (Å²) in [6.45, 7) is 5.30. The topological polar surface area (TPSA) is 72.5 Å². The minimum Gasteiger partial charge on any atom is -0.481 e. The Balaban J connectivity index is 1.63. The van der Waals surface area contributed by atoms with E-state index in [1.807, 2.05) is 11.9 Å². The van der Waals surface area contributed by atoms with E-state index in [-0.39, 0.29) is 29.5 Å². The summed E-state index contributed by atoms with van der Waals surface area (Å²) in [6.07, 6.45) is -2.02. The maximum absolute atomic E-state index is 15.5. The molecule has 1 aliphatic rings. The first-order valence-corrected chi connectivity index (χ1v) is 12.3. The highest BCUT2D eigenvalue weighted by atomic mass is 19.3. The Morgan fingerprint density at radius 3 is 2.71 bits per heavy atom. The van der Waals surface area contributed by atoms with Crippen LogP contribution in [-0.4, -0.2) is 81.2 Å². The molecule has 1 aromatic carbocycles. The third-order valence-electron chi connectivity index (χ3n) is 6.52. The van der Waals surface area contributed by atoms with Crippen molar-refractivity contribution in [3.05, 3.63) is 36.0 Å². The van der Waals surface area contributed by atoms with E-state index < -0.39 is 36.5 Å². The number of rotatable bonds is 7. The van der Waals surface area contributed by atoms with Crippen molar-refractivity contribution in [2.45, 2.75) is 57.9 Å². The second-order valence-electron chi connectivity index (χ2n) is 10.3. The number of ether oxygens (including phenoxy) is 1. The molecule has 13 heteroatoms. The average molecular weight is 529 g/mol. The molecule has 4 heterocycles. The van der Waals surface area contributed by atoms with Gasteiger partial charge in [-0.2, -0.15) is 4.98 Å². The van der Waals surface area contributed by atoms with Gasteiger partial charge in [-0.05, 0) is 51.9 Å². The molecule has 1 saturated heterocycles. The van der Waals surface area contributed by atoms with Gasteiger partial charge < -0.3 is 19.5 Å². The largest absolute Gasteiger partial charge is 0.481 e. The molecule has 0 spiro atoms. The van der Waals surface area contributed by atoms with E-state index in [2.05, 4.69) is 20.4 Å². The normalized spacial score (nSPS) is 19.1. The SMILES string of the molecule is [B]C(C)(C)Oc1nc(NC2CCN(C)CC2F)nn2cc(F)c(-c3ccc4nc(C)n(CC(F)F)c4c3)c12. The summed E-state index contributed by atoms with van der Waals surface area (Å²) in [4.78, 5) is 10.7. The van der Waals surface area contributed by atoms with Gasteiger partial charge in [-0.3, -0.25) is 0 Å². The number of benzene rings is 1. The zero-order valence-electron chi connectivity index (χ0n) is 21.6. The lowest BCUT2D eigenvalue weighted by Gasteiger charge is -2.32. The molecule has 1 fully saturated rings. The highest BCUT2D eigenvalue weighted by molar-refractivity contribution is 6.14. The van der Waals surface area contributed by atoms with E-state index in [1.54, 1.807) is 39.0 Å². The Hall–Kier alpha value is -3.35. The van der Waals surface area contributed by atoms with Gasteiger partial charge in [0.05, 0.1) is 40.9 Å². The summed E-state index contributed by atoms with van der Waals surface area (Å²) in [5.74, 6) is -0.145. The summed E-state index contributed by atoms with van der Waals surface area (Å²) >= 11 is 0. The zero-order valence-corrected chi connectivity index (χ0v) is 21.6. The molecule has 3 aromatic heterocycles. The molecule has 1 aliphatic heterocycles. The smallest absolute Gasteiger partial charge is 0.256 e. The van der Waals surface area contributed by atoms with E-state index in [4.69, 9.17) is 12.6 Å². The van der Waals surface area contributed by atoms with Crippen LogP contribution in [0.1, 0.15) is 26.1 Å². The van der Waals surface area contributed by atoms with E-state index >= 15 is 4.39 Å². The zero-order chi connectivity index (χ0) is 27.4. The van der Waals surface area contributed by atoms with Gasteiger partial charge in [0.1, 0.15) is 25.4 Å². The number of piperidine rings is 1. The molecule has 0 aliphatic carbocycles. The Morgan fingerprint density at radius 2 is 2.03 bits per heavy atom. The number of nitrogens with zero attached hydrogens (tertiary/aromatic N) is 6. The van der Waals surface area contributed by atoms with E-state index in [0.29, 0.717) is 35.4 Å². The lowest BCUT2D eigenvalue weighted by molar-refractivity contribution is 0.127. The lowest BCUT2D eigenvalue weighted by Crippen LogP contribution is -2.46. The monoisotopic (exact) mass is 529 g/mol. The van der Waals surface area contributed by atoms with Gasteiger partial charge in [0.15, 0.2) is 5.82 Å². The molecular formula is C25H28BF4N7O. The number of alkyl halides is 3. The van der Waals surface area contributed by atoms with Crippen LogP contribution in [-0.2, 0) is 6.54 Å². The van der Waals surface area contributed by atoms with Crippen molar-refractivity contribution >= 4 is 30.3 Å². The predicted octanol–water partition coefficient (Wildman–Crippen LogP) is 4.20. The lowest BCUT2D eigenvalue weighted by atomic mass is 9.86. The van der Waals surface area contributed by atoms with E-state index in [1.165, 1.54) is 15.3 Å². The first-order chi connectivity index (χ1) is 17.9.